The molecular weight excluding hydrogens is 238 g/mol. The summed E-state index contributed by atoms with van der Waals surface area (Å²) in [5, 5.41) is 3.57. The molecule has 17 heavy (non-hydrogen) atoms. The molecule has 0 aromatic carbocycles. The van der Waals surface area contributed by atoms with E-state index in [-0.39, 0.29) is 0 Å². The Kier molecular flexibility index (Phi) is 2.45. The Balaban J connectivity index is 1.94. The first-order valence-electron chi connectivity index (χ1n) is 5.12. The summed E-state index contributed by atoms with van der Waals surface area (Å²) in [6.07, 6.45) is 5.56. The summed E-state index contributed by atoms with van der Waals surface area (Å²) in [6.45, 7) is 0.699. The third kappa shape index (κ3) is 1.84. The lowest BCUT2D eigenvalue weighted by Gasteiger charge is -2.01. The van der Waals surface area contributed by atoms with Gasteiger partial charge in [0.1, 0.15) is 0 Å². The van der Waals surface area contributed by atoms with Crippen LogP contribution in [0.25, 0.3) is 11.0 Å². The Morgan fingerprint density at radius 1 is 1.47 bits per heavy atom. The standard InChI is InChI=1S/C10H9N5OS/c17-10-14-7-5-11-3-1-8(7)15(10)4-2-9-12-6-13-16-9/h1,3,5-6H,2,4H2,(H,14,17). The van der Waals surface area contributed by atoms with Crippen LogP contribution < -0.4 is 0 Å². The van der Waals surface area contributed by atoms with Crippen LogP contribution in [0.15, 0.2) is 29.3 Å². The third-order valence-electron chi connectivity index (χ3n) is 2.53. The zero-order chi connectivity index (χ0) is 11.7. The first-order chi connectivity index (χ1) is 8.34. The minimum atomic E-state index is 0.607. The van der Waals surface area contributed by atoms with Crippen molar-refractivity contribution < 1.29 is 4.52 Å². The van der Waals surface area contributed by atoms with Crippen molar-refractivity contribution in [3.8, 4) is 0 Å². The zero-order valence-corrected chi connectivity index (χ0v) is 9.65. The molecular formula is C10H9N5OS. The van der Waals surface area contributed by atoms with Gasteiger partial charge in [-0.05, 0) is 18.3 Å². The van der Waals surface area contributed by atoms with E-state index in [1.54, 1.807) is 12.4 Å². The molecule has 0 aliphatic carbocycles. The number of hydrogen-bond donors (Lipinski definition) is 1. The fraction of sp³-hybridized carbons (Fsp3) is 0.200. The number of aromatic amines is 1. The molecule has 3 rings (SSSR count). The van der Waals surface area contributed by atoms with Crippen LogP contribution in [-0.2, 0) is 13.0 Å². The molecule has 3 aromatic rings. The van der Waals surface area contributed by atoms with E-state index in [0.29, 0.717) is 23.6 Å². The summed E-state index contributed by atoms with van der Waals surface area (Å²) in [7, 11) is 0. The molecule has 0 atom stereocenters. The molecule has 0 unspecified atom stereocenters. The fourth-order valence-corrected chi connectivity index (χ4v) is 2.05. The molecule has 1 N–H and O–H groups in total. The molecule has 0 fully saturated rings. The second-order valence-electron chi connectivity index (χ2n) is 3.56. The van der Waals surface area contributed by atoms with E-state index in [9.17, 15) is 0 Å². The number of nitrogens with one attached hydrogen (secondary N) is 1. The second-order valence-corrected chi connectivity index (χ2v) is 3.95. The second kappa shape index (κ2) is 4.10. The molecule has 0 bridgehead atoms. The normalized spacial score (nSPS) is 11.1. The predicted octanol–water partition coefficient (Wildman–Crippen LogP) is 1.72. The molecule has 0 radical (unpaired) electrons. The van der Waals surface area contributed by atoms with Crippen molar-refractivity contribution in [2.75, 3.05) is 0 Å². The number of nitrogens with zero attached hydrogens (tertiary/aromatic N) is 4. The highest BCUT2D eigenvalue weighted by molar-refractivity contribution is 7.71. The molecule has 0 saturated heterocycles. The number of H-pyrrole nitrogens is 1. The van der Waals surface area contributed by atoms with Gasteiger partial charge in [-0.15, -0.1) is 0 Å². The fourth-order valence-electron chi connectivity index (χ4n) is 1.75. The van der Waals surface area contributed by atoms with Crippen LogP contribution in [0, 0.1) is 4.77 Å². The number of fused-ring (bicyclic) bond motifs is 1. The van der Waals surface area contributed by atoms with Gasteiger partial charge in [0.25, 0.3) is 0 Å². The summed E-state index contributed by atoms with van der Waals surface area (Å²) in [5.74, 6) is 0.607. The maximum atomic E-state index is 5.26. The Labute approximate surface area is 101 Å². The predicted molar refractivity (Wildman–Crippen MR) is 62.9 cm³/mol. The van der Waals surface area contributed by atoms with Crippen LogP contribution in [0.3, 0.4) is 0 Å². The molecule has 3 aromatic heterocycles. The number of aryl methyl sites for hydroxylation is 2. The van der Waals surface area contributed by atoms with E-state index >= 15 is 0 Å². The zero-order valence-electron chi connectivity index (χ0n) is 8.83. The van der Waals surface area contributed by atoms with E-state index in [1.807, 2.05) is 10.6 Å². The Bertz CT molecular complexity index is 684. The number of rotatable bonds is 3. The highest BCUT2D eigenvalue weighted by Crippen LogP contribution is 2.12. The highest BCUT2D eigenvalue weighted by atomic mass is 32.1. The van der Waals surface area contributed by atoms with Crippen molar-refractivity contribution in [1.29, 1.82) is 0 Å². The average molecular weight is 247 g/mol. The summed E-state index contributed by atoms with van der Waals surface area (Å²) in [5.41, 5.74) is 1.97. The van der Waals surface area contributed by atoms with Gasteiger partial charge in [0.05, 0.1) is 17.2 Å². The number of aromatic nitrogens is 5. The van der Waals surface area contributed by atoms with Gasteiger partial charge in [0.2, 0.25) is 5.89 Å². The first kappa shape index (κ1) is 10.2. The quantitative estimate of drug-likeness (QED) is 0.713. The van der Waals surface area contributed by atoms with Gasteiger partial charge in [-0.2, -0.15) is 4.98 Å². The monoisotopic (exact) mass is 247 g/mol. The third-order valence-corrected chi connectivity index (χ3v) is 2.85. The highest BCUT2D eigenvalue weighted by Gasteiger charge is 2.05. The Hall–Kier alpha value is -2.02. The van der Waals surface area contributed by atoms with Gasteiger partial charge >= 0.3 is 0 Å². The van der Waals surface area contributed by atoms with E-state index in [4.69, 9.17) is 16.7 Å². The minimum absolute atomic E-state index is 0.607. The van der Waals surface area contributed by atoms with Crippen molar-refractivity contribution in [3.05, 3.63) is 35.4 Å². The lowest BCUT2D eigenvalue weighted by molar-refractivity contribution is 0.371. The summed E-state index contributed by atoms with van der Waals surface area (Å²) >= 11 is 5.26. The molecule has 0 saturated carbocycles. The number of pyridine rings is 1. The van der Waals surface area contributed by atoms with Crippen LogP contribution in [-0.4, -0.2) is 24.7 Å². The van der Waals surface area contributed by atoms with E-state index in [1.165, 1.54) is 6.33 Å². The summed E-state index contributed by atoms with van der Waals surface area (Å²) in [6, 6.07) is 1.93. The van der Waals surface area contributed by atoms with Crippen LogP contribution in [0.4, 0.5) is 0 Å². The Morgan fingerprint density at radius 2 is 2.41 bits per heavy atom. The lowest BCUT2D eigenvalue weighted by Crippen LogP contribution is -2.01. The van der Waals surface area contributed by atoms with Crippen LogP contribution in [0.2, 0.25) is 0 Å². The molecule has 0 amide bonds. The maximum absolute atomic E-state index is 5.26. The van der Waals surface area contributed by atoms with E-state index < -0.39 is 0 Å². The Morgan fingerprint density at radius 3 is 3.24 bits per heavy atom. The minimum Gasteiger partial charge on any atom is -0.340 e. The summed E-state index contributed by atoms with van der Waals surface area (Å²) in [4.78, 5) is 11.1. The molecule has 3 heterocycles. The molecule has 0 aliphatic rings. The molecule has 0 spiro atoms. The van der Waals surface area contributed by atoms with Crippen molar-refractivity contribution in [1.82, 2.24) is 24.7 Å². The van der Waals surface area contributed by atoms with Crippen molar-refractivity contribution >= 4 is 23.3 Å². The van der Waals surface area contributed by atoms with Crippen molar-refractivity contribution in [3.63, 3.8) is 0 Å². The average Bonchev–Trinajstić information content (AvgIpc) is 2.93. The van der Waals surface area contributed by atoms with E-state index in [2.05, 4.69) is 20.1 Å². The van der Waals surface area contributed by atoms with Gasteiger partial charge in [0.15, 0.2) is 11.1 Å². The van der Waals surface area contributed by atoms with Crippen LogP contribution >= 0.6 is 12.2 Å². The largest absolute Gasteiger partial charge is 0.340 e. The van der Waals surface area contributed by atoms with Gasteiger partial charge in [0, 0.05) is 19.2 Å². The molecule has 6 nitrogen and oxygen atoms in total. The van der Waals surface area contributed by atoms with Gasteiger partial charge in [-0.1, -0.05) is 5.16 Å². The lowest BCUT2D eigenvalue weighted by atomic mass is 10.4. The topological polar surface area (TPSA) is 72.5 Å². The first-order valence-corrected chi connectivity index (χ1v) is 5.53. The van der Waals surface area contributed by atoms with Gasteiger partial charge < -0.3 is 14.1 Å². The number of imidazole rings is 1. The van der Waals surface area contributed by atoms with Crippen LogP contribution in [0.5, 0.6) is 0 Å². The molecule has 7 heteroatoms. The molecule has 86 valence electrons. The summed E-state index contributed by atoms with van der Waals surface area (Å²) < 4.78 is 7.62. The van der Waals surface area contributed by atoms with Crippen LogP contribution in [0.1, 0.15) is 5.89 Å². The van der Waals surface area contributed by atoms with E-state index in [0.717, 1.165) is 11.0 Å². The van der Waals surface area contributed by atoms with Crippen molar-refractivity contribution in [2.24, 2.45) is 0 Å². The smallest absolute Gasteiger partial charge is 0.228 e. The maximum Gasteiger partial charge on any atom is 0.228 e. The SMILES string of the molecule is S=c1[nH]c2cnccc2n1CCc1ncno1. The molecule has 0 aliphatic heterocycles. The number of hydrogen-bond acceptors (Lipinski definition) is 5. The van der Waals surface area contributed by atoms with Gasteiger partial charge in [-0.25, -0.2) is 0 Å². The van der Waals surface area contributed by atoms with Gasteiger partial charge in [-0.3, -0.25) is 4.98 Å². The van der Waals surface area contributed by atoms with Crippen molar-refractivity contribution in [2.45, 2.75) is 13.0 Å².